The Kier molecular flexibility index (Phi) is 9.73. The number of rotatable bonds is 11. The van der Waals surface area contributed by atoms with Crippen molar-refractivity contribution in [2.24, 2.45) is 0 Å². The minimum Gasteiger partial charge on any atom is -0.387 e. The zero-order valence-electron chi connectivity index (χ0n) is 18.9. The monoisotopic (exact) mass is 622 g/mol. The summed E-state index contributed by atoms with van der Waals surface area (Å²) < 4.78 is 52.6. The molecule has 1 aromatic heterocycles. The lowest BCUT2D eigenvalue weighted by Crippen LogP contribution is -2.43. The van der Waals surface area contributed by atoms with Gasteiger partial charge in [0.25, 0.3) is 5.56 Å². The van der Waals surface area contributed by atoms with Gasteiger partial charge in [0, 0.05) is 23.8 Å². The van der Waals surface area contributed by atoms with Crippen molar-refractivity contribution in [3.05, 3.63) is 68.0 Å². The minimum atomic E-state index is -5.77. The Morgan fingerprint density at radius 3 is 2.16 bits per heavy atom. The second-order valence-corrected chi connectivity index (χ2v) is 12.7. The molecule has 0 aliphatic carbocycles. The summed E-state index contributed by atoms with van der Waals surface area (Å²) in [7, 11) is -16.9. The van der Waals surface area contributed by atoms with Gasteiger partial charge in [0.15, 0.2) is 6.23 Å². The first-order chi connectivity index (χ1) is 17.5. The summed E-state index contributed by atoms with van der Waals surface area (Å²) in [6, 6.07) is 7.70. The molecule has 1 aliphatic heterocycles. The van der Waals surface area contributed by atoms with Crippen LogP contribution in [0.15, 0.2) is 46.1 Å². The maximum absolute atomic E-state index is 13.0. The maximum atomic E-state index is 13.0. The van der Waals surface area contributed by atoms with Gasteiger partial charge in [0.2, 0.25) is 0 Å². The summed E-state index contributed by atoms with van der Waals surface area (Å²) in [5.41, 5.74) is -0.788. The van der Waals surface area contributed by atoms with Crippen LogP contribution in [0.1, 0.15) is 11.8 Å². The van der Waals surface area contributed by atoms with Crippen molar-refractivity contribution < 1.29 is 61.4 Å². The van der Waals surface area contributed by atoms with Gasteiger partial charge in [0.1, 0.15) is 18.3 Å². The molecule has 0 radical (unpaired) electrons. The molecular formula is C17H22ClN2O15P3. The van der Waals surface area contributed by atoms with Gasteiger partial charge in [-0.3, -0.25) is 18.5 Å². The zero-order valence-corrected chi connectivity index (χ0v) is 22.3. The highest BCUT2D eigenvalue weighted by atomic mass is 35.5. The van der Waals surface area contributed by atoms with Gasteiger partial charge in [-0.15, -0.1) is 0 Å². The molecular weight excluding hydrogens is 601 g/mol. The quantitative estimate of drug-likeness (QED) is 0.178. The predicted molar refractivity (Wildman–Crippen MR) is 126 cm³/mol. The van der Waals surface area contributed by atoms with Crippen LogP contribution >= 0.6 is 35.1 Å². The van der Waals surface area contributed by atoms with Crippen LogP contribution < -0.4 is 11.2 Å². The molecule has 1 aliphatic rings. The van der Waals surface area contributed by atoms with Gasteiger partial charge in [-0.25, -0.2) is 18.5 Å². The fourth-order valence-corrected chi connectivity index (χ4v) is 6.55. The van der Waals surface area contributed by atoms with Crippen LogP contribution in [0, 0.1) is 0 Å². The van der Waals surface area contributed by atoms with Gasteiger partial charge in [-0.05, 0) is 24.1 Å². The number of aliphatic hydroxyl groups excluding tert-OH is 2. The third kappa shape index (κ3) is 8.24. The Labute approximate surface area is 217 Å². The molecule has 38 heavy (non-hydrogen) atoms. The molecule has 0 bridgehead atoms. The number of aromatic nitrogens is 2. The number of hydrogen-bond donors (Lipinski definition) is 6. The smallest absolute Gasteiger partial charge is 0.387 e. The van der Waals surface area contributed by atoms with Crippen LogP contribution in [0.2, 0.25) is 5.02 Å². The van der Waals surface area contributed by atoms with E-state index < -0.39 is 65.9 Å². The first-order valence-corrected chi connectivity index (χ1v) is 15.2. The second kappa shape index (κ2) is 11.9. The summed E-state index contributed by atoms with van der Waals surface area (Å²) in [6.45, 7) is -1.12. The van der Waals surface area contributed by atoms with E-state index >= 15 is 0 Å². The van der Waals surface area contributed by atoms with E-state index in [2.05, 4.69) is 13.1 Å². The van der Waals surface area contributed by atoms with Crippen LogP contribution in [0.5, 0.6) is 0 Å². The van der Waals surface area contributed by atoms with Crippen molar-refractivity contribution in [1.82, 2.24) is 9.13 Å². The molecule has 3 unspecified atom stereocenters. The highest BCUT2D eigenvalue weighted by Crippen LogP contribution is 2.66. The molecule has 0 amide bonds. The molecule has 6 N–H and O–H groups in total. The van der Waals surface area contributed by atoms with Crippen LogP contribution in [-0.2, 0) is 44.5 Å². The van der Waals surface area contributed by atoms with E-state index in [1.165, 1.54) is 0 Å². The fraction of sp³-hybridized carbons (Fsp3) is 0.412. The molecule has 6 atom stereocenters. The lowest BCUT2D eigenvalue weighted by molar-refractivity contribution is -0.0548. The van der Waals surface area contributed by atoms with Crippen LogP contribution in [0.25, 0.3) is 0 Å². The molecule has 0 saturated carbocycles. The first kappa shape index (κ1) is 31.0. The van der Waals surface area contributed by atoms with E-state index in [1.54, 1.807) is 24.3 Å². The number of ether oxygens (including phenoxy) is 1. The molecule has 2 aromatic rings. The Hall–Kier alpha value is -1.52. The summed E-state index contributed by atoms with van der Waals surface area (Å²) in [5.74, 6) is 0. The van der Waals surface area contributed by atoms with E-state index in [9.17, 15) is 43.3 Å². The van der Waals surface area contributed by atoms with E-state index in [1.807, 2.05) is 0 Å². The molecule has 212 valence electrons. The minimum absolute atomic E-state index is 0.0546. The number of phosphoric ester groups is 1. The highest BCUT2D eigenvalue weighted by molar-refractivity contribution is 7.66. The number of aryl methyl sites for hydroxylation is 1. The topological polar surface area (TPSA) is 254 Å². The maximum Gasteiger partial charge on any atom is 0.490 e. The van der Waals surface area contributed by atoms with E-state index in [0.717, 1.165) is 27.0 Å². The molecule has 1 saturated heterocycles. The lowest BCUT2D eigenvalue weighted by atomic mass is 10.1. The number of halogens is 1. The van der Waals surface area contributed by atoms with Crippen molar-refractivity contribution in [1.29, 1.82) is 0 Å². The number of aliphatic hydroxyl groups is 2. The molecule has 17 nitrogen and oxygen atoms in total. The van der Waals surface area contributed by atoms with Crippen molar-refractivity contribution in [2.75, 3.05) is 6.61 Å². The number of phosphoric acid groups is 3. The molecule has 0 spiro atoms. The fourth-order valence-electron chi connectivity index (χ4n) is 3.39. The lowest BCUT2D eigenvalue weighted by Gasteiger charge is -2.19. The standard InChI is InChI=1S/C17H22ClN2O15P3/c18-11-3-1-10(2-4-11)5-7-19-13(21)6-8-20(17(19)24)16-15(23)14(22)12(33-16)9-32-37(28,29)35-38(30,31)34-36(25,26)27/h1-4,6,8,12,14-16,22-23H,5,7,9H2,(H,28,29)(H,30,31)(H2,25,26,27)/t12-,14+,15?,16-/m1/s1. The van der Waals surface area contributed by atoms with E-state index in [4.69, 9.17) is 26.1 Å². The second-order valence-electron chi connectivity index (χ2n) is 7.80. The average Bonchev–Trinajstić information content (AvgIpc) is 3.05. The largest absolute Gasteiger partial charge is 0.490 e. The Balaban J connectivity index is 1.71. The third-order valence-corrected chi connectivity index (χ3v) is 9.12. The van der Waals surface area contributed by atoms with Crippen molar-refractivity contribution in [3.8, 4) is 0 Å². The molecule has 1 fully saturated rings. The SMILES string of the molecule is O=c1ccn([C@@H]2O[C@H](COP(=O)(O)OP(=O)(O)OP(=O)(O)O)[C@H](O)C2O)c(=O)n1CCc1ccc(Cl)cc1. The van der Waals surface area contributed by atoms with Gasteiger partial charge in [-0.2, -0.15) is 8.62 Å². The van der Waals surface area contributed by atoms with Gasteiger partial charge in [0.05, 0.1) is 6.61 Å². The van der Waals surface area contributed by atoms with Gasteiger partial charge < -0.3 is 34.5 Å². The normalized spacial score (nSPS) is 25.1. The third-order valence-electron chi connectivity index (χ3n) is 5.06. The molecule has 3 rings (SSSR count). The van der Waals surface area contributed by atoms with E-state index in [-0.39, 0.29) is 13.0 Å². The molecule has 1 aromatic carbocycles. The summed E-state index contributed by atoms with van der Waals surface area (Å²) in [4.78, 5) is 61.1. The van der Waals surface area contributed by atoms with E-state index in [0.29, 0.717) is 5.02 Å². The summed E-state index contributed by atoms with van der Waals surface area (Å²) >= 11 is 5.84. The number of benzene rings is 1. The average molecular weight is 623 g/mol. The first-order valence-electron chi connectivity index (χ1n) is 10.3. The van der Waals surface area contributed by atoms with Crippen LogP contribution in [0.3, 0.4) is 0 Å². The van der Waals surface area contributed by atoms with Crippen molar-refractivity contribution in [3.63, 3.8) is 0 Å². The Morgan fingerprint density at radius 2 is 1.55 bits per heavy atom. The van der Waals surface area contributed by atoms with Crippen LogP contribution in [0.4, 0.5) is 0 Å². The van der Waals surface area contributed by atoms with Crippen molar-refractivity contribution in [2.45, 2.75) is 37.5 Å². The molecule has 2 heterocycles. The summed E-state index contributed by atoms with van der Waals surface area (Å²) in [5, 5.41) is 21.2. The predicted octanol–water partition coefficient (Wildman–Crippen LogP) is -0.131. The number of hydrogen-bond acceptors (Lipinski definition) is 11. The Bertz CT molecular complexity index is 1410. The highest BCUT2D eigenvalue weighted by Gasteiger charge is 2.46. The summed E-state index contributed by atoms with van der Waals surface area (Å²) in [6.07, 6.45) is -5.54. The van der Waals surface area contributed by atoms with Crippen LogP contribution in [-0.4, -0.2) is 63.8 Å². The Morgan fingerprint density at radius 1 is 0.921 bits per heavy atom. The zero-order chi connectivity index (χ0) is 28.5. The molecule has 21 heteroatoms. The van der Waals surface area contributed by atoms with Crippen molar-refractivity contribution >= 4 is 35.1 Å². The van der Waals surface area contributed by atoms with Gasteiger partial charge >= 0.3 is 29.2 Å². The van der Waals surface area contributed by atoms with Gasteiger partial charge in [-0.1, -0.05) is 23.7 Å². The number of nitrogens with zero attached hydrogens (tertiary/aromatic N) is 2.